The minimum atomic E-state index is -0.515. The third-order valence-corrected chi connectivity index (χ3v) is 3.35. The number of hydrogen-bond acceptors (Lipinski definition) is 2. The topological polar surface area (TPSA) is 45.6 Å². The molecule has 1 rings (SSSR count). The Balaban J connectivity index is 0.00000529. The lowest BCUT2D eigenvalue weighted by Gasteiger charge is -2.12. The largest absolute Gasteiger partial charge is 0.381 e. The summed E-state index contributed by atoms with van der Waals surface area (Å²) < 4.78 is 32.5. The molecule has 138 valence electrons. The zero-order valence-corrected chi connectivity index (χ0v) is 16.7. The Labute approximate surface area is 160 Å². The predicted octanol–water partition coefficient (Wildman–Crippen LogP) is 3.50. The van der Waals surface area contributed by atoms with Gasteiger partial charge in [-0.25, -0.2) is 8.78 Å². The molecule has 1 aromatic carbocycles. The third-order valence-electron chi connectivity index (χ3n) is 3.35. The number of halogens is 3. The molecule has 4 nitrogen and oxygen atoms in total. The fourth-order valence-electron chi connectivity index (χ4n) is 2.03. The van der Waals surface area contributed by atoms with Crippen molar-refractivity contribution in [2.75, 3.05) is 33.4 Å². The van der Waals surface area contributed by atoms with Crippen LogP contribution in [0.3, 0.4) is 0 Å². The summed E-state index contributed by atoms with van der Waals surface area (Å²) in [5.74, 6) is -0.409. The van der Waals surface area contributed by atoms with E-state index in [0.29, 0.717) is 19.1 Å². The number of ether oxygens (including phenoxy) is 1. The van der Waals surface area contributed by atoms with Crippen molar-refractivity contribution in [1.29, 1.82) is 0 Å². The average Bonchev–Trinajstić information content (AvgIpc) is 2.54. The van der Waals surface area contributed by atoms with Crippen molar-refractivity contribution in [2.24, 2.45) is 4.99 Å². The zero-order chi connectivity index (χ0) is 16.9. The first-order chi connectivity index (χ1) is 11.2. The van der Waals surface area contributed by atoms with Gasteiger partial charge in [-0.1, -0.05) is 19.4 Å². The molecule has 0 aliphatic rings. The summed E-state index contributed by atoms with van der Waals surface area (Å²) in [7, 11) is 1.66. The smallest absolute Gasteiger partial charge is 0.190 e. The Hall–Kier alpha value is -0.960. The SMILES string of the molecule is CCCCOCCCNC(=NC)NCCc1c(F)cccc1F.I. The second kappa shape index (κ2) is 14.4. The van der Waals surface area contributed by atoms with E-state index in [1.807, 2.05) is 0 Å². The van der Waals surface area contributed by atoms with Crippen LogP contribution >= 0.6 is 24.0 Å². The van der Waals surface area contributed by atoms with E-state index in [9.17, 15) is 8.78 Å². The second-order valence-electron chi connectivity index (χ2n) is 5.20. The summed E-state index contributed by atoms with van der Waals surface area (Å²) in [5, 5.41) is 6.20. The third kappa shape index (κ3) is 9.36. The molecule has 7 heteroatoms. The monoisotopic (exact) mass is 455 g/mol. The summed E-state index contributed by atoms with van der Waals surface area (Å²) in [6.45, 7) is 4.79. The van der Waals surface area contributed by atoms with Crippen molar-refractivity contribution in [3.63, 3.8) is 0 Å². The summed E-state index contributed by atoms with van der Waals surface area (Å²) in [6, 6.07) is 3.90. The molecule has 0 atom stereocenters. The highest BCUT2D eigenvalue weighted by molar-refractivity contribution is 14.0. The first-order valence-corrected chi connectivity index (χ1v) is 8.14. The van der Waals surface area contributed by atoms with E-state index in [1.54, 1.807) is 7.05 Å². The van der Waals surface area contributed by atoms with Crippen molar-refractivity contribution in [1.82, 2.24) is 10.6 Å². The van der Waals surface area contributed by atoms with Crippen molar-refractivity contribution in [3.8, 4) is 0 Å². The quantitative estimate of drug-likeness (QED) is 0.246. The average molecular weight is 455 g/mol. The Morgan fingerprint density at radius 2 is 1.71 bits per heavy atom. The highest BCUT2D eigenvalue weighted by Crippen LogP contribution is 2.11. The number of nitrogens with one attached hydrogen (secondary N) is 2. The molecule has 0 saturated heterocycles. The molecule has 0 aromatic heterocycles. The summed E-state index contributed by atoms with van der Waals surface area (Å²) in [5.41, 5.74) is 0.0970. The van der Waals surface area contributed by atoms with Gasteiger partial charge in [0.1, 0.15) is 11.6 Å². The molecular weight excluding hydrogens is 427 g/mol. The molecule has 2 N–H and O–H groups in total. The van der Waals surface area contributed by atoms with Gasteiger partial charge in [0.05, 0.1) is 0 Å². The molecule has 0 saturated carbocycles. The van der Waals surface area contributed by atoms with Gasteiger partial charge in [0, 0.05) is 38.9 Å². The maximum Gasteiger partial charge on any atom is 0.190 e. The van der Waals surface area contributed by atoms with E-state index in [4.69, 9.17) is 4.74 Å². The number of rotatable bonds is 10. The van der Waals surface area contributed by atoms with Gasteiger partial charge < -0.3 is 15.4 Å². The van der Waals surface area contributed by atoms with Crippen LogP contribution in [0.4, 0.5) is 8.78 Å². The highest BCUT2D eigenvalue weighted by Gasteiger charge is 2.08. The fourth-order valence-corrected chi connectivity index (χ4v) is 2.03. The lowest BCUT2D eigenvalue weighted by molar-refractivity contribution is 0.129. The van der Waals surface area contributed by atoms with Crippen molar-refractivity contribution < 1.29 is 13.5 Å². The van der Waals surface area contributed by atoms with Crippen LogP contribution in [0.2, 0.25) is 0 Å². The number of nitrogens with zero attached hydrogens (tertiary/aromatic N) is 1. The van der Waals surface area contributed by atoms with E-state index < -0.39 is 11.6 Å². The number of aliphatic imine (C=N–C) groups is 1. The van der Waals surface area contributed by atoms with Crippen molar-refractivity contribution in [3.05, 3.63) is 35.4 Å². The molecule has 0 bridgehead atoms. The van der Waals surface area contributed by atoms with E-state index in [0.717, 1.165) is 32.4 Å². The van der Waals surface area contributed by atoms with Crippen LogP contribution in [0.15, 0.2) is 23.2 Å². The zero-order valence-electron chi connectivity index (χ0n) is 14.4. The number of hydrogen-bond donors (Lipinski definition) is 2. The number of unbranched alkanes of at least 4 members (excludes halogenated alkanes) is 1. The standard InChI is InChI=1S/C17H27F2N3O.HI/c1-3-4-12-23-13-6-10-21-17(20-2)22-11-9-14-15(18)7-5-8-16(14)19;/h5,7-8H,3-4,6,9-13H2,1-2H3,(H2,20,21,22);1H. The van der Waals surface area contributed by atoms with Gasteiger partial charge in [0.2, 0.25) is 0 Å². The Morgan fingerprint density at radius 3 is 2.33 bits per heavy atom. The Kier molecular flexibility index (Phi) is 13.8. The molecule has 0 spiro atoms. The molecule has 1 aromatic rings. The van der Waals surface area contributed by atoms with Crippen LogP contribution in [0, 0.1) is 11.6 Å². The van der Waals surface area contributed by atoms with E-state index >= 15 is 0 Å². The predicted molar refractivity (Wildman–Crippen MR) is 105 cm³/mol. The van der Waals surface area contributed by atoms with E-state index in [2.05, 4.69) is 22.5 Å². The van der Waals surface area contributed by atoms with Gasteiger partial charge in [-0.05, 0) is 31.4 Å². The first kappa shape index (κ1) is 23.0. The van der Waals surface area contributed by atoms with E-state index in [1.165, 1.54) is 18.2 Å². The first-order valence-electron chi connectivity index (χ1n) is 8.14. The summed E-state index contributed by atoms with van der Waals surface area (Å²) in [6.07, 6.45) is 3.37. The molecule has 0 amide bonds. The maximum absolute atomic E-state index is 13.5. The van der Waals surface area contributed by atoms with Gasteiger partial charge in [-0.3, -0.25) is 4.99 Å². The molecular formula is C17H28F2IN3O. The minimum absolute atomic E-state index is 0. The maximum atomic E-state index is 13.5. The van der Waals surface area contributed by atoms with Crippen molar-refractivity contribution >= 4 is 29.9 Å². The fraction of sp³-hybridized carbons (Fsp3) is 0.588. The van der Waals surface area contributed by atoms with Gasteiger partial charge in [0.25, 0.3) is 0 Å². The minimum Gasteiger partial charge on any atom is -0.381 e. The van der Waals surface area contributed by atoms with Crippen LogP contribution in [0.25, 0.3) is 0 Å². The van der Waals surface area contributed by atoms with Crippen LogP contribution in [-0.2, 0) is 11.2 Å². The van der Waals surface area contributed by atoms with E-state index in [-0.39, 0.29) is 36.0 Å². The van der Waals surface area contributed by atoms with Gasteiger partial charge in [0.15, 0.2) is 5.96 Å². The van der Waals surface area contributed by atoms with Crippen LogP contribution in [0.5, 0.6) is 0 Å². The molecule has 0 heterocycles. The highest BCUT2D eigenvalue weighted by atomic mass is 127. The number of guanidine groups is 1. The lowest BCUT2D eigenvalue weighted by atomic mass is 10.1. The number of benzene rings is 1. The summed E-state index contributed by atoms with van der Waals surface area (Å²) in [4.78, 5) is 4.08. The van der Waals surface area contributed by atoms with Crippen LogP contribution in [-0.4, -0.2) is 39.3 Å². The molecule has 24 heavy (non-hydrogen) atoms. The van der Waals surface area contributed by atoms with Crippen LogP contribution < -0.4 is 10.6 Å². The van der Waals surface area contributed by atoms with Crippen LogP contribution in [0.1, 0.15) is 31.7 Å². The molecule has 0 fully saturated rings. The Morgan fingerprint density at radius 1 is 1.08 bits per heavy atom. The summed E-state index contributed by atoms with van der Waals surface area (Å²) >= 11 is 0. The second-order valence-corrected chi connectivity index (χ2v) is 5.20. The molecule has 0 radical (unpaired) electrons. The Bertz CT molecular complexity index is 467. The molecule has 0 aliphatic heterocycles. The molecule has 0 aliphatic carbocycles. The van der Waals surface area contributed by atoms with Gasteiger partial charge in [-0.15, -0.1) is 24.0 Å². The van der Waals surface area contributed by atoms with Gasteiger partial charge >= 0.3 is 0 Å². The molecule has 0 unspecified atom stereocenters. The lowest BCUT2D eigenvalue weighted by Crippen LogP contribution is -2.39. The normalized spacial score (nSPS) is 11.1. The van der Waals surface area contributed by atoms with Crippen molar-refractivity contribution in [2.45, 2.75) is 32.6 Å². The van der Waals surface area contributed by atoms with Gasteiger partial charge in [-0.2, -0.15) is 0 Å².